The second kappa shape index (κ2) is 10.2. The van der Waals surface area contributed by atoms with Crippen LogP contribution >= 0.6 is 0 Å². The zero-order valence-corrected chi connectivity index (χ0v) is 18.7. The smallest absolute Gasteiger partial charge is 0.0988 e. The zero-order chi connectivity index (χ0) is 22.3. The van der Waals surface area contributed by atoms with Crippen molar-refractivity contribution in [3.63, 3.8) is 0 Å². The first-order valence-corrected chi connectivity index (χ1v) is 11.2. The Labute approximate surface area is 187 Å². The molecule has 0 amide bonds. The van der Waals surface area contributed by atoms with Crippen LogP contribution in [0.1, 0.15) is 43.4 Å². The Morgan fingerprint density at radius 1 is 0.677 bits per heavy atom. The molecule has 0 aromatic heterocycles. The summed E-state index contributed by atoms with van der Waals surface area (Å²) in [6.07, 6.45) is 2.08. The molecule has 3 rings (SSSR count). The molecule has 0 radical (unpaired) electrons. The summed E-state index contributed by atoms with van der Waals surface area (Å²) in [6.45, 7) is 4.36. The van der Waals surface area contributed by atoms with Crippen molar-refractivity contribution in [2.75, 3.05) is 0 Å². The predicted molar refractivity (Wildman–Crippen MR) is 129 cm³/mol. The van der Waals surface area contributed by atoms with E-state index in [0.29, 0.717) is 25.2 Å². The van der Waals surface area contributed by atoms with E-state index in [4.69, 9.17) is 11.5 Å². The van der Waals surface area contributed by atoms with E-state index in [1.807, 2.05) is 66.7 Å². The predicted octanol–water partition coefficient (Wildman–Crippen LogP) is 5.03. The Kier molecular flexibility index (Phi) is 7.66. The number of aliphatic hydroxyl groups is 1. The molecular weight excluding hydrogens is 380 g/mol. The first kappa shape index (κ1) is 23.2. The van der Waals surface area contributed by atoms with Gasteiger partial charge >= 0.3 is 0 Å². The van der Waals surface area contributed by atoms with Gasteiger partial charge < -0.3 is 16.6 Å². The molecule has 0 bridgehead atoms. The Morgan fingerprint density at radius 3 is 1.52 bits per heavy atom. The van der Waals surface area contributed by atoms with Crippen molar-refractivity contribution in [2.24, 2.45) is 22.8 Å². The quantitative estimate of drug-likeness (QED) is 0.406. The molecule has 3 nitrogen and oxygen atoms in total. The molecule has 0 heterocycles. The number of aliphatic hydroxyl groups excluding tert-OH is 1. The monoisotopic (exact) mass is 416 g/mol. The van der Waals surface area contributed by atoms with Gasteiger partial charge in [0.2, 0.25) is 0 Å². The summed E-state index contributed by atoms with van der Waals surface area (Å²) in [5, 5.41) is 11.8. The Hall–Kier alpha value is -2.46. The normalized spacial score (nSPS) is 13.4. The molecule has 3 aromatic rings. The fourth-order valence-electron chi connectivity index (χ4n) is 4.56. The fraction of sp³-hybridized carbons (Fsp3) is 0.357. The van der Waals surface area contributed by atoms with Crippen LogP contribution in [0.3, 0.4) is 0 Å². The maximum atomic E-state index is 11.8. The van der Waals surface area contributed by atoms with E-state index in [9.17, 15) is 5.11 Å². The molecule has 0 fully saturated rings. The summed E-state index contributed by atoms with van der Waals surface area (Å²) in [5.74, 6) is 0.488. The van der Waals surface area contributed by atoms with Crippen LogP contribution in [0.4, 0.5) is 0 Å². The van der Waals surface area contributed by atoms with Gasteiger partial charge in [-0.25, -0.2) is 0 Å². The molecule has 0 saturated carbocycles. The van der Waals surface area contributed by atoms with Crippen LogP contribution < -0.4 is 11.5 Å². The minimum absolute atomic E-state index is 0.488. The summed E-state index contributed by atoms with van der Waals surface area (Å²) in [4.78, 5) is 0. The van der Waals surface area contributed by atoms with E-state index >= 15 is 0 Å². The van der Waals surface area contributed by atoms with Crippen LogP contribution in [0.25, 0.3) is 0 Å². The van der Waals surface area contributed by atoms with Crippen LogP contribution in [-0.2, 0) is 18.5 Å². The van der Waals surface area contributed by atoms with Gasteiger partial charge in [-0.05, 0) is 48.3 Å². The third kappa shape index (κ3) is 5.43. The lowest BCUT2D eigenvalue weighted by Crippen LogP contribution is -2.66. The number of rotatable bonds is 10. The van der Waals surface area contributed by atoms with Crippen LogP contribution in [-0.4, -0.2) is 11.2 Å². The minimum atomic E-state index is -1.23. The summed E-state index contributed by atoms with van der Waals surface area (Å²) in [7, 11) is 0. The molecule has 3 heteroatoms. The SMILES string of the molecule is CC(C)CCC(O)C(Cc1ccccc1)(Cc1ccccc1)C(N)(N)c1ccccc1. The number of hydrogen-bond donors (Lipinski definition) is 3. The number of hydrogen-bond acceptors (Lipinski definition) is 3. The Bertz CT molecular complexity index is 866. The highest BCUT2D eigenvalue weighted by molar-refractivity contribution is 5.32. The van der Waals surface area contributed by atoms with Gasteiger partial charge in [0.15, 0.2) is 0 Å². The van der Waals surface area contributed by atoms with Crippen LogP contribution in [0.5, 0.6) is 0 Å². The molecular formula is C28H36N2O. The molecule has 0 aliphatic carbocycles. The molecule has 1 unspecified atom stereocenters. The third-order valence-corrected chi connectivity index (χ3v) is 6.46. The van der Waals surface area contributed by atoms with Gasteiger partial charge in [-0.2, -0.15) is 0 Å². The average Bonchev–Trinajstić information content (AvgIpc) is 2.78. The first-order valence-electron chi connectivity index (χ1n) is 11.2. The van der Waals surface area contributed by atoms with Gasteiger partial charge in [-0.15, -0.1) is 0 Å². The summed E-state index contributed by atoms with van der Waals surface area (Å²) in [5.41, 5.74) is 15.1. The molecule has 164 valence electrons. The van der Waals surface area contributed by atoms with Crippen LogP contribution in [0.2, 0.25) is 0 Å². The summed E-state index contributed by atoms with van der Waals surface area (Å²) < 4.78 is 0. The lowest BCUT2D eigenvalue weighted by molar-refractivity contribution is -0.0446. The van der Waals surface area contributed by atoms with E-state index in [0.717, 1.165) is 23.1 Å². The van der Waals surface area contributed by atoms with E-state index in [1.165, 1.54) is 0 Å². The summed E-state index contributed by atoms with van der Waals surface area (Å²) >= 11 is 0. The Morgan fingerprint density at radius 2 is 1.10 bits per heavy atom. The second-order valence-corrected chi connectivity index (χ2v) is 9.20. The van der Waals surface area contributed by atoms with Gasteiger partial charge in [0.1, 0.15) is 0 Å². The zero-order valence-electron chi connectivity index (χ0n) is 18.7. The van der Waals surface area contributed by atoms with Crippen molar-refractivity contribution in [3.05, 3.63) is 108 Å². The maximum Gasteiger partial charge on any atom is 0.0988 e. The van der Waals surface area contributed by atoms with E-state index in [-0.39, 0.29) is 0 Å². The molecule has 0 spiro atoms. The highest BCUT2D eigenvalue weighted by atomic mass is 16.3. The van der Waals surface area contributed by atoms with Crippen molar-refractivity contribution in [3.8, 4) is 0 Å². The number of benzene rings is 3. The fourth-order valence-corrected chi connectivity index (χ4v) is 4.56. The highest BCUT2D eigenvalue weighted by Gasteiger charge is 2.52. The number of nitrogens with two attached hydrogens (primary N) is 2. The van der Waals surface area contributed by atoms with E-state index in [1.54, 1.807) is 0 Å². The highest BCUT2D eigenvalue weighted by Crippen LogP contribution is 2.45. The topological polar surface area (TPSA) is 72.3 Å². The van der Waals surface area contributed by atoms with Gasteiger partial charge in [0, 0.05) is 5.41 Å². The van der Waals surface area contributed by atoms with Gasteiger partial charge in [-0.1, -0.05) is 105 Å². The van der Waals surface area contributed by atoms with Crippen LogP contribution in [0.15, 0.2) is 91.0 Å². The van der Waals surface area contributed by atoms with Crippen molar-refractivity contribution >= 4 is 0 Å². The second-order valence-electron chi connectivity index (χ2n) is 9.20. The standard InChI is InChI=1S/C28H36N2O/c1-22(2)18-19-26(31)27(20-23-12-6-3-7-13-23,21-24-14-8-4-9-15-24)28(29,30)25-16-10-5-11-17-25/h3-17,22,26,31H,18-21,29-30H2,1-2H3. The van der Waals surface area contributed by atoms with Gasteiger partial charge in [-0.3, -0.25) is 0 Å². The van der Waals surface area contributed by atoms with Crippen molar-refractivity contribution in [2.45, 2.75) is 51.3 Å². The molecule has 3 aromatic carbocycles. The molecule has 31 heavy (non-hydrogen) atoms. The van der Waals surface area contributed by atoms with E-state index in [2.05, 4.69) is 38.1 Å². The lowest BCUT2D eigenvalue weighted by Gasteiger charge is -2.50. The Balaban J connectivity index is 2.15. The van der Waals surface area contributed by atoms with Crippen molar-refractivity contribution in [1.29, 1.82) is 0 Å². The molecule has 1 atom stereocenters. The first-order chi connectivity index (χ1) is 14.8. The van der Waals surface area contributed by atoms with Crippen molar-refractivity contribution in [1.82, 2.24) is 0 Å². The van der Waals surface area contributed by atoms with Gasteiger partial charge in [0.25, 0.3) is 0 Å². The molecule has 5 N–H and O–H groups in total. The van der Waals surface area contributed by atoms with Crippen LogP contribution in [0, 0.1) is 11.3 Å². The van der Waals surface area contributed by atoms with E-state index < -0.39 is 17.2 Å². The average molecular weight is 417 g/mol. The van der Waals surface area contributed by atoms with Crippen molar-refractivity contribution < 1.29 is 5.11 Å². The molecule has 0 aliphatic heterocycles. The minimum Gasteiger partial charge on any atom is -0.392 e. The van der Waals surface area contributed by atoms with Gasteiger partial charge in [0.05, 0.1) is 11.8 Å². The molecule has 0 saturated heterocycles. The lowest BCUT2D eigenvalue weighted by atomic mass is 9.61. The maximum absolute atomic E-state index is 11.8. The summed E-state index contributed by atoms with van der Waals surface area (Å²) in [6, 6.07) is 30.3. The third-order valence-electron chi connectivity index (χ3n) is 6.46. The molecule has 0 aliphatic rings. The largest absolute Gasteiger partial charge is 0.392 e.